The Hall–Kier alpha value is -1.88. The molecule has 1 amide bonds. The number of ether oxygens (including phenoxy) is 1. The summed E-state index contributed by atoms with van der Waals surface area (Å²) in [6.45, 7) is 3.58. The third-order valence-corrected chi connectivity index (χ3v) is 4.42. The number of aliphatic carboxylic acids is 1. The van der Waals surface area contributed by atoms with Crippen LogP contribution in [0.25, 0.3) is 0 Å². The Balaban J connectivity index is 1.69. The molecule has 1 aliphatic heterocycles. The lowest BCUT2D eigenvalue weighted by Gasteiger charge is -2.37. The molecule has 0 spiro atoms. The van der Waals surface area contributed by atoms with Crippen LogP contribution < -0.4 is 0 Å². The summed E-state index contributed by atoms with van der Waals surface area (Å²) in [4.78, 5) is 25.2. The van der Waals surface area contributed by atoms with Crippen molar-refractivity contribution in [1.29, 1.82) is 0 Å². The Morgan fingerprint density at radius 2 is 2.04 bits per heavy atom. The highest BCUT2D eigenvalue weighted by atomic mass is 16.5. The SMILES string of the molecule is C[C@@H]1[C@H](C(=O)O)CCCN1C(=O)CCCOCc1ccccc1. The Labute approximate surface area is 137 Å². The van der Waals surface area contributed by atoms with Gasteiger partial charge in [0.15, 0.2) is 0 Å². The van der Waals surface area contributed by atoms with E-state index in [-0.39, 0.29) is 11.9 Å². The standard InChI is InChI=1S/C18H25NO4/c1-14-16(18(21)22)9-5-11-19(14)17(20)10-6-12-23-13-15-7-3-2-4-8-15/h2-4,7-8,14,16H,5-6,9-13H2,1H3,(H,21,22)/t14-,16-/m1/s1. The van der Waals surface area contributed by atoms with Crippen LogP contribution in [0, 0.1) is 5.92 Å². The zero-order chi connectivity index (χ0) is 16.7. The molecular weight excluding hydrogens is 294 g/mol. The number of amides is 1. The van der Waals surface area contributed by atoms with Crippen molar-refractivity contribution in [3.8, 4) is 0 Å². The Bertz CT molecular complexity index is 517. The van der Waals surface area contributed by atoms with Crippen molar-refractivity contribution in [2.24, 2.45) is 5.92 Å². The van der Waals surface area contributed by atoms with Crippen LogP contribution >= 0.6 is 0 Å². The van der Waals surface area contributed by atoms with E-state index in [4.69, 9.17) is 4.74 Å². The number of carboxylic acid groups (broad SMARTS) is 1. The van der Waals surface area contributed by atoms with Gasteiger partial charge in [-0.05, 0) is 31.7 Å². The number of rotatable bonds is 7. The number of hydrogen-bond acceptors (Lipinski definition) is 3. The van der Waals surface area contributed by atoms with E-state index in [0.29, 0.717) is 39.0 Å². The molecule has 23 heavy (non-hydrogen) atoms. The predicted octanol–water partition coefficient (Wildman–Crippen LogP) is 2.70. The van der Waals surface area contributed by atoms with Gasteiger partial charge in [0.25, 0.3) is 0 Å². The number of carbonyl (C=O) groups is 2. The summed E-state index contributed by atoms with van der Waals surface area (Å²) in [6, 6.07) is 9.70. The number of likely N-dealkylation sites (tertiary alicyclic amines) is 1. The number of carbonyl (C=O) groups excluding carboxylic acids is 1. The van der Waals surface area contributed by atoms with Crippen molar-refractivity contribution in [1.82, 2.24) is 4.90 Å². The van der Waals surface area contributed by atoms with E-state index in [1.807, 2.05) is 37.3 Å². The molecule has 2 rings (SSSR count). The molecular formula is C18H25NO4. The molecule has 1 fully saturated rings. The van der Waals surface area contributed by atoms with Gasteiger partial charge in [0.05, 0.1) is 12.5 Å². The van der Waals surface area contributed by atoms with E-state index in [2.05, 4.69) is 0 Å². The lowest BCUT2D eigenvalue weighted by atomic mass is 9.90. The molecule has 0 radical (unpaired) electrons. The molecule has 2 atom stereocenters. The van der Waals surface area contributed by atoms with Gasteiger partial charge in [0, 0.05) is 25.6 Å². The minimum atomic E-state index is -0.804. The fourth-order valence-electron chi connectivity index (χ4n) is 3.06. The molecule has 126 valence electrons. The Morgan fingerprint density at radius 3 is 2.74 bits per heavy atom. The van der Waals surface area contributed by atoms with Gasteiger partial charge in [0.2, 0.25) is 5.91 Å². The maximum atomic E-state index is 12.3. The largest absolute Gasteiger partial charge is 0.481 e. The minimum Gasteiger partial charge on any atom is -0.481 e. The van der Waals surface area contributed by atoms with E-state index in [0.717, 1.165) is 12.0 Å². The fraction of sp³-hybridized carbons (Fsp3) is 0.556. The first kappa shape index (κ1) is 17.5. The number of piperidine rings is 1. The highest BCUT2D eigenvalue weighted by Gasteiger charge is 2.34. The summed E-state index contributed by atoms with van der Waals surface area (Å²) in [6.07, 6.45) is 2.48. The number of benzene rings is 1. The maximum absolute atomic E-state index is 12.3. The van der Waals surface area contributed by atoms with Gasteiger partial charge >= 0.3 is 5.97 Å². The first-order valence-electron chi connectivity index (χ1n) is 8.23. The number of carboxylic acids is 1. The van der Waals surface area contributed by atoms with Crippen molar-refractivity contribution >= 4 is 11.9 Å². The monoisotopic (exact) mass is 319 g/mol. The fourth-order valence-corrected chi connectivity index (χ4v) is 3.06. The van der Waals surface area contributed by atoms with Gasteiger partial charge in [-0.2, -0.15) is 0 Å². The maximum Gasteiger partial charge on any atom is 0.308 e. The van der Waals surface area contributed by atoms with Crippen LogP contribution in [0.3, 0.4) is 0 Å². The third-order valence-electron chi connectivity index (χ3n) is 4.42. The molecule has 1 aromatic carbocycles. The van der Waals surface area contributed by atoms with E-state index < -0.39 is 11.9 Å². The van der Waals surface area contributed by atoms with E-state index in [1.165, 1.54) is 0 Å². The molecule has 1 saturated heterocycles. The second-order valence-corrected chi connectivity index (χ2v) is 6.06. The van der Waals surface area contributed by atoms with Gasteiger partial charge in [-0.25, -0.2) is 0 Å². The van der Waals surface area contributed by atoms with Crippen molar-refractivity contribution in [2.45, 2.75) is 45.3 Å². The minimum absolute atomic E-state index is 0.0340. The lowest BCUT2D eigenvalue weighted by Crippen LogP contribution is -2.49. The normalized spacial score (nSPS) is 21.2. The van der Waals surface area contributed by atoms with Crippen LogP contribution in [0.4, 0.5) is 0 Å². The van der Waals surface area contributed by atoms with Crippen LogP contribution in [-0.2, 0) is 20.9 Å². The van der Waals surface area contributed by atoms with Crippen LogP contribution in [0.1, 0.15) is 38.2 Å². The number of nitrogens with zero attached hydrogens (tertiary/aromatic N) is 1. The Kier molecular flexibility index (Phi) is 6.59. The molecule has 0 unspecified atom stereocenters. The number of hydrogen-bond donors (Lipinski definition) is 1. The average Bonchev–Trinajstić information content (AvgIpc) is 2.55. The summed E-state index contributed by atoms with van der Waals surface area (Å²) in [7, 11) is 0. The Morgan fingerprint density at radius 1 is 1.30 bits per heavy atom. The van der Waals surface area contributed by atoms with Crippen LogP contribution in [-0.4, -0.2) is 41.1 Å². The van der Waals surface area contributed by atoms with E-state index >= 15 is 0 Å². The summed E-state index contributed by atoms with van der Waals surface area (Å²) >= 11 is 0. The van der Waals surface area contributed by atoms with E-state index in [1.54, 1.807) is 4.90 Å². The second-order valence-electron chi connectivity index (χ2n) is 6.06. The molecule has 1 aliphatic rings. The summed E-state index contributed by atoms with van der Waals surface area (Å²) in [5, 5.41) is 9.20. The molecule has 0 saturated carbocycles. The van der Waals surface area contributed by atoms with Crippen molar-refractivity contribution in [3.05, 3.63) is 35.9 Å². The average molecular weight is 319 g/mol. The topological polar surface area (TPSA) is 66.8 Å². The highest BCUT2D eigenvalue weighted by Crippen LogP contribution is 2.24. The van der Waals surface area contributed by atoms with Crippen LogP contribution in [0.2, 0.25) is 0 Å². The molecule has 5 heteroatoms. The second kappa shape index (κ2) is 8.67. The van der Waals surface area contributed by atoms with Gasteiger partial charge < -0.3 is 14.7 Å². The lowest BCUT2D eigenvalue weighted by molar-refractivity contribution is -0.149. The zero-order valence-electron chi connectivity index (χ0n) is 13.6. The molecule has 1 N–H and O–H groups in total. The first-order valence-corrected chi connectivity index (χ1v) is 8.23. The first-order chi connectivity index (χ1) is 11.1. The van der Waals surface area contributed by atoms with Crippen molar-refractivity contribution in [2.75, 3.05) is 13.2 Å². The predicted molar refractivity (Wildman–Crippen MR) is 86.9 cm³/mol. The molecule has 1 aromatic rings. The molecule has 0 bridgehead atoms. The third kappa shape index (κ3) is 5.06. The molecule has 1 heterocycles. The van der Waals surface area contributed by atoms with E-state index in [9.17, 15) is 14.7 Å². The summed E-state index contributed by atoms with van der Waals surface area (Å²) in [5.41, 5.74) is 1.12. The van der Waals surface area contributed by atoms with Gasteiger partial charge in [0.1, 0.15) is 0 Å². The zero-order valence-corrected chi connectivity index (χ0v) is 13.6. The summed E-state index contributed by atoms with van der Waals surface area (Å²) in [5.74, 6) is -1.21. The molecule has 0 aliphatic carbocycles. The van der Waals surface area contributed by atoms with Crippen LogP contribution in [0.15, 0.2) is 30.3 Å². The summed E-state index contributed by atoms with van der Waals surface area (Å²) < 4.78 is 5.58. The molecule has 5 nitrogen and oxygen atoms in total. The quantitative estimate of drug-likeness (QED) is 0.785. The van der Waals surface area contributed by atoms with Crippen molar-refractivity contribution < 1.29 is 19.4 Å². The van der Waals surface area contributed by atoms with Gasteiger partial charge in [-0.1, -0.05) is 30.3 Å². The van der Waals surface area contributed by atoms with Crippen LogP contribution in [0.5, 0.6) is 0 Å². The van der Waals surface area contributed by atoms with Crippen molar-refractivity contribution in [3.63, 3.8) is 0 Å². The van der Waals surface area contributed by atoms with Gasteiger partial charge in [-0.15, -0.1) is 0 Å². The molecule has 0 aromatic heterocycles. The highest BCUT2D eigenvalue weighted by molar-refractivity contribution is 5.78. The van der Waals surface area contributed by atoms with Gasteiger partial charge in [-0.3, -0.25) is 9.59 Å². The smallest absolute Gasteiger partial charge is 0.308 e.